The largest absolute Gasteiger partial charge is 0.368 e. The van der Waals surface area contributed by atoms with Crippen LogP contribution in [0, 0.1) is 11.8 Å². The minimum atomic E-state index is -0.180. The fourth-order valence-electron chi connectivity index (χ4n) is 3.11. The van der Waals surface area contributed by atoms with E-state index < -0.39 is 0 Å². The molecular formula is C11H20N2O. The van der Waals surface area contributed by atoms with Crippen LogP contribution in [-0.2, 0) is 4.79 Å². The summed E-state index contributed by atoms with van der Waals surface area (Å²) in [5, 5.41) is 3.45. The molecular weight excluding hydrogens is 176 g/mol. The van der Waals surface area contributed by atoms with Crippen molar-refractivity contribution in [3.05, 3.63) is 0 Å². The molecule has 0 bridgehead atoms. The van der Waals surface area contributed by atoms with Gasteiger partial charge in [0.15, 0.2) is 0 Å². The number of carbonyl (C=O) groups excluding carboxylic acids is 1. The quantitative estimate of drug-likeness (QED) is 0.705. The second kappa shape index (κ2) is 3.23. The summed E-state index contributed by atoms with van der Waals surface area (Å²) >= 11 is 0. The lowest BCUT2D eigenvalue weighted by molar-refractivity contribution is -0.120. The van der Waals surface area contributed by atoms with Crippen molar-refractivity contribution in [3.8, 4) is 0 Å². The molecule has 0 aromatic rings. The van der Waals surface area contributed by atoms with Crippen LogP contribution in [0.1, 0.15) is 39.5 Å². The zero-order chi connectivity index (χ0) is 10.3. The number of fused-ring (bicyclic) bond motifs is 1. The van der Waals surface area contributed by atoms with E-state index in [1.165, 1.54) is 19.3 Å². The van der Waals surface area contributed by atoms with Crippen LogP contribution in [0.2, 0.25) is 0 Å². The number of primary amides is 1. The Kier molecular flexibility index (Phi) is 2.30. The molecule has 14 heavy (non-hydrogen) atoms. The molecule has 3 nitrogen and oxygen atoms in total. The minimum Gasteiger partial charge on any atom is -0.368 e. The van der Waals surface area contributed by atoms with Gasteiger partial charge in [0, 0.05) is 5.54 Å². The topological polar surface area (TPSA) is 55.1 Å². The molecule has 3 N–H and O–H groups in total. The van der Waals surface area contributed by atoms with E-state index in [9.17, 15) is 4.79 Å². The third kappa shape index (κ3) is 1.34. The van der Waals surface area contributed by atoms with Gasteiger partial charge < -0.3 is 5.73 Å². The standard InChI is InChI=1S/C11H20N2O/c1-3-4-7(2)11-6-8(11)5-9(13-11)10(12)14/h7-9,13H,3-6H2,1-2H3,(H2,12,14)/t7-,8?,9?,11?/m0/s1. The SMILES string of the molecule is CCC[C@H](C)C12CC1CC(C(N)=O)N2. The Morgan fingerprint density at radius 1 is 1.71 bits per heavy atom. The van der Waals surface area contributed by atoms with Gasteiger partial charge in [0.1, 0.15) is 0 Å². The number of hydrogen-bond donors (Lipinski definition) is 2. The summed E-state index contributed by atoms with van der Waals surface area (Å²) < 4.78 is 0. The molecule has 0 aromatic heterocycles. The highest BCUT2D eigenvalue weighted by Crippen LogP contribution is 2.56. The number of piperidine rings is 1. The van der Waals surface area contributed by atoms with Crippen molar-refractivity contribution >= 4 is 5.91 Å². The lowest BCUT2D eigenvalue weighted by Gasteiger charge is -2.24. The van der Waals surface area contributed by atoms with E-state index in [1.54, 1.807) is 0 Å². The zero-order valence-corrected chi connectivity index (χ0v) is 9.05. The predicted molar refractivity (Wildman–Crippen MR) is 55.6 cm³/mol. The highest BCUT2D eigenvalue weighted by molar-refractivity contribution is 5.80. The Hall–Kier alpha value is -0.570. The van der Waals surface area contributed by atoms with Crippen LogP contribution >= 0.6 is 0 Å². The molecule has 1 amide bonds. The van der Waals surface area contributed by atoms with Crippen molar-refractivity contribution in [2.24, 2.45) is 17.6 Å². The van der Waals surface area contributed by atoms with Gasteiger partial charge in [-0.25, -0.2) is 0 Å². The lowest BCUT2D eigenvalue weighted by Crippen LogP contribution is -2.46. The summed E-state index contributed by atoms with van der Waals surface area (Å²) in [6.07, 6.45) is 4.68. The average Bonchev–Trinajstić information content (AvgIpc) is 2.70. The second-order valence-electron chi connectivity index (χ2n) is 4.97. The van der Waals surface area contributed by atoms with Gasteiger partial charge in [-0.05, 0) is 31.1 Å². The van der Waals surface area contributed by atoms with Crippen LogP contribution in [0.15, 0.2) is 0 Å². The number of hydrogen-bond acceptors (Lipinski definition) is 2. The van der Waals surface area contributed by atoms with E-state index in [0.29, 0.717) is 11.8 Å². The number of carbonyl (C=O) groups is 1. The molecule has 1 aliphatic heterocycles. The van der Waals surface area contributed by atoms with E-state index >= 15 is 0 Å². The van der Waals surface area contributed by atoms with Gasteiger partial charge in [0.25, 0.3) is 0 Å². The van der Waals surface area contributed by atoms with E-state index in [2.05, 4.69) is 19.2 Å². The van der Waals surface area contributed by atoms with Gasteiger partial charge in [-0.1, -0.05) is 20.3 Å². The first kappa shape index (κ1) is 9.97. The molecule has 4 atom stereocenters. The summed E-state index contributed by atoms with van der Waals surface area (Å²) in [4.78, 5) is 11.1. The Bertz CT molecular complexity index is 254. The van der Waals surface area contributed by atoms with E-state index in [4.69, 9.17) is 5.73 Å². The van der Waals surface area contributed by atoms with Crippen LogP contribution in [0.3, 0.4) is 0 Å². The highest BCUT2D eigenvalue weighted by atomic mass is 16.1. The van der Waals surface area contributed by atoms with Gasteiger partial charge in [-0.2, -0.15) is 0 Å². The number of rotatable bonds is 4. The molecule has 1 aliphatic carbocycles. The molecule has 2 fully saturated rings. The molecule has 3 heteroatoms. The van der Waals surface area contributed by atoms with Crippen LogP contribution in [-0.4, -0.2) is 17.5 Å². The third-order valence-electron chi connectivity index (χ3n) is 4.06. The Balaban J connectivity index is 1.98. The summed E-state index contributed by atoms with van der Waals surface area (Å²) in [6.45, 7) is 4.50. The molecule has 80 valence electrons. The lowest BCUT2D eigenvalue weighted by atomic mass is 9.94. The van der Waals surface area contributed by atoms with Gasteiger partial charge in [-0.15, -0.1) is 0 Å². The van der Waals surface area contributed by atoms with Crippen LogP contribution in [0.25, 0.3) is 0 Å². The molecule has 0 aromatic carbocycles. The van der Waals surface area contributed by atoms with Crippen LogP contribution in [0.4, 0.5) is 0 Å². The zero-order valence-electron chi connectivity index (χ0n) is 9.05. The summed E-state index contributed by atoms with van der Waals surface area (Å²) in [7, 11) is 0. The highest BCUT2D eigenvalue weighted by Gasteiger charge is 2.63. The Morgan fingerprint density at radius 2 is 2.43 bits per heavy atom. The maximum atomic E-state index is 11.1. The Morgan fingerprint density at radius 3 is 2.93 bits per heavy atom. The van der Waals surface area contributed by atoms with Crippen molar-refractivity contribution < 1.29 is 4.79 Å². The number of amides is 1. The number of nitrogens with one attached hydrogen (secondary N) is 1. The normalized spacial score (nSPS) is 41.9. The van der Waals surface area contributed by atoms with E-state index in [-0.39, 0.29) is 17.5 Å². The minimum absolute atomic E-state index is 0.0620. The van der Waals surface area contributed by atoms with Crippen molar-refractivity contribution in [1.29, 1.82) is 0 Å². The fraction of sp³-hybridized carbons (Fsp3) is 0.909. The van der Waals surface area contributed by atoms with E-state index in [1.807, 2.05) is 0 Å². The third-order valence-corrected chi connectivity index (χ3v) is 4.06. The fourth-order valence-corrected chi connectivity index (χ4v) is 3.11. The van der Waals surface area contributed by atoms with Crippen LogP contribution < -0.4 is 11.1 Å². The molecule has 2 aliphatic rings. The predicted octanol–water partition coefficient (Wildman–Crippen LogP) is 1.03. The van der Waals surface area contributed by atoms with Gasteiger partial charge >= 0.3 is 0 Å². The molecule has 0 spiro atoms. The van der Waals surface area contributed by atoms with Crippen LogP contribution in [0.5, 0.6) is 0 Å². The van der Waals surface area contributed by atoms with Gasteiger partial charge in [-0.3, -0.25) is 10.1 Å². The molecule has 1 saturated heterocycles. The number of nitrogens with two attached hydrogens (primary N) is 1. The molecule has 0 radical (unpaired) electrons. The van der Waals surface area contributed by atoms with Crippen molar-refractivity contribution in [2.75, 3.05) is 0 Å². The molecule has 1 heterocycles. The summed E-state index contributed by atoms with van der Waals surface area (Å²) in [6, 6.07) is -0.0620. The molecule has 3 unspecified atom stereocenters. The summed E-state index contributed by atoms with van der Waals surface area (Å²) in [5.74, 6) is 1.21. The van der Waals surface area contributed by atoms with Gasteiger partial charge in [0.05, 0.1) is 6.04 Å². The first-order chi connectivity index (χ1) is 6.60. The maximum Gasteiger partial charge on any atom is 0.234 e. The molecule has 1 saturated carbocycles. The first-order valence-electron chi connectivity index (χ1n) is 5.67. The monoisotopic (exact) mass is 196 g/mol. The average molecular weight is 196 g/mol. The van der Waals surface area contributed by atoms with Gasteiger partial charge in [0.2, 0.25) is 5.91 Å². The second-order valence-corrected chi connectivity index (χ2v) is 4.97. The first-order valence-corrected chi connectivity index (χ1v) is 5.67. The smallest absolute Gasteiger partial charge is 0.234 e. The van der Waals surface area contributed by atoms with Crippen molar-refractivity contribution in [2.45, 2.75) is 51.1 Å². The van der Waals surface area contributed by atoms with E-state index in [0.717, 1.165) is 6.42 Å². The summed E-state index contributed by atoms with van der Waals surface area (Å²) in [5.41, 5.74) is 5.59. The molecule has 2 rings (SSSR count). The van der Waals surface area contributed by atoms with Crippen molar-refractivity contribution in [3.63, 3.8) is 0 Å². The Labute approximate surface area is 85.4 Å². The van der Waals surface area contributed by atoms with Crippen molar-refractivity contribution in [1.82, 2.24) is 5.32 Å². The maximum absolute atomic E-state index is 11.1.